The zero-order chi connectivity index (χ0) is 15.1. The molecule has 1 aromatic carbocycles. The number of carbonyl (C=O) groups excluding carboxylic acids is 1. The van der Waals surface area contributed by atoms with Gasteiger partial charge >= 0.3 is 0 Å². The number of nitrogens with zero attached hydrogens (tertiary/aromatic N) is 1. The molecule has 20 heavy (non-hydrogen) atoms. The highest BCUT2D eigenvalue weighted by molar-refractivity contribution is 7.89. The van der Waals surface area contributed by atoms with Crippen molar-refractivity contribution in [1.29, 1.82) is 0 Å². The Balaban J connectivity index is 2.35. The third-order valence-electron chi connectivity index (χ3n) is 3.45. The Kier molecular flexibility index (Phi) is 3.95. The first-order chi connectivity index (χ1) is 9.23. The van der Waals surface area contributed by atoms with Crippen molar-refractivity contribution in [3.05, 3.63) is 22.7 Å². The molecular weight excluding hydrogens is 302 g/mol. The maximum atomic E-state index is 12.5. The van der Waals surface area contributed by atoms with E-state index in [1.54, 1.807) is 6.92 Å². The normalized spacial score (nSPS) is 20.2. The van der Waals surface area contributed by atoms with E-state index in [9.17, 15) is 13.2 Å². The molecule has 1 aliphatic heterocycles. The smallest absolute Gasteiger partial charge is 0.243 e. The van der Waals surface area contributed by atoms with E-state index in [0.29, 0.717) is 17.0 Å². The number of aryl methyl sites for hydroxylation is 1. The fourth-order valence-electron chi connectivity index (χ4n) is 2.24. The zero-order valence-electron chi connectivity index (χ0n) is 11.0. The molecule has 8 heteroatoms. The molecule has 0 radical (unpaired) electrons. The van der Waals surface area contributed by atoms with Crippen LogP contribution in [0.2, 0.25) is 5.02 Å². The number of nitrogen functional groups attached to an aromatic ring is 1. The van der Waals surface area contributed by atoms with Crippen LogP contribution in [-0.2, 0) is 14.8 Å². The van der Waals surface area contributed by atoms with E-state index in [0.717, 1.165) is 0 Å². The van der Waals surface area contributed by atoms with E-state index < -0.39 is 21.8 Å². The molecule has 0 spiro atoms. The summed E-state index contributed by atoms with van der Waals surface area (Å²) in [5, 5.41) is 0.348. The summed E-state index contributed by atoms with van der Waals surface area (Å²) in [4.78, 5) is 11.2. The number of amides is 1. The second-order valence-corrected chi connectivity index (χ2v) is 7.21. The van der Waals surface area contributed by atoms with E-state index >= 15 is 0 Å². The molecule has 0 aromatic heterocycles. The summed E-state index contributed by atoms with van der Waals surface area (Å²) in [6.45, 7) is 2.07. The number of hydrogen-bond acceptors (Lipinski definition) is 4. The summed E-state index contributed by atoms with van der Waals surface area (Å²) in [6, 6.07) is 2.81. The molecule has 4 N–H and O–H groups in total. The largest absolute Gasteiger partial charge is 0.397 e. The molecule has 6 nitrogen and oxygen atoms in total. The second kappa shape index (κ2) is 5.23. The Labute approximate surface area is 122 Å². The van der Waals surface area contributed by atoms with Crippen LogP contribution < -0.4 is 11.5 Å². The first kappa shape index (κ1) is 15.1. The predicted molar refractivity (Wildman–Crippen MR) is 76.7 cm³/mol. The van der Waals surface area contributed by atoms with Crippen molar-refractivity contribution in [3.8, 4) is 0 Å². The summed E-state index contributed by atoms with van der Waals surface area (Å²) >= 11 is 5.93. The summed E-state index contributed by atoms with van der Waals surface area (Å²) in [5.74, 6) is -0.912. The number of anilines is 1. The molecule has 1 amide bonds. The molecule has 110 valence electrons. The van der Waals surface area contributed by atoms with E-state index in [1.165, 1.54) is 16.4 Å². The van der Waals surface area contributed by atoms with Gasteiger partial charge in [-0.3, -0.25) is 4.79 Å². The lowest BCUT2D eigenvalue weighted by molar-refractivity contribution is -0.121. The molecule has 1 aliphatic rings. The molecule has 2 rings (SSSR count). The van der Waals surface area contributed by atoms with Crippen LogP contribution in [0.5, 0.6) is 0 Å². The van der Waals surface area contributed by atoms with Crippen LogP contribution in [0.3, 0.4) is 0 Å². The highest BCUT2D eigenvalue weighted by Gasteiger charge is 2.35. The topological polar surface area (TPSA) is 106 Å². The van der Waals surface area contributed by atoms with Crippen molar-refractivity contribution >= 4 is 33.2 Å². The van der Waals surface area contributed by atoms with Gasteiger partial charge in [0.1, 0.15) is 0 Å². The van der Waals surface area contributed by atoms with E-state index in [2.05, 4.69) is 0 Å². The summed E-state index contributed by atoms with van der Waals surface area (Å²) in [6.07, 6.45) is 0.441. The lowest BCUT2D eigenvalue weighted by Gasteiger charge is -2.17. The molecule has 0 aliphatic carbocycles. The van der Waals surface area contributed by atoms with Gasteiger partial charge in [0, 0.05) is 13.1 Å². The van der Waals surface area contributed by atoms with Crippen LogP contribution >= 0.6 is 11.6 Å². The summed E-state index contributed by atoms with van der Waals surface area (Å²) in [5.41, 5.74) is 11.7. The lowest BCUT2D eigenvalue weighted by atomic mass is 10.1. The van der Waals surface area contributed by atoms with Gasteiger partial charge in [0.15, 0.2) is 0 Å². The maximum absolute atomic E-state index is 12.5. The Morgan fingerprint density at radius 2 is 2.10 bits per heavy atom. The monoisotopic (exact) mass is 317 g/mol. The van der Waals surface area contributed by atoms with Gasteiger partial charge in [0.05, 0.1) is 21.5 Å². The van der Waals surface area contributed by atoms with Crippen LogP contribution in [0.25, 0.3) is 0 Å². The lowest BCUT2D eigenvalue weighted by Crippen LogP contribution is -2.31. The molecule has 0 saturated carbocycles. The molecule has 1 saturated heterocycles. The van der Waals surface area contributed by atoms with Gasteiger partial charge in [-0.05, 0) is 31.0 Å². The van der Waals surface area contributed by atoms with Gasteiger partial charge < -0.3 is 11.5 Å². The van der Waals surface area contributed by atoms with Gasteiger partial charge in [0.25, 0.3) is 0 Å². The molecule has 1 heterocycles. The average molecular weight is 318 g/mol. The van der Waals surface area contributed by atoms with Gasteiger partial charge in [-0.25, -0.2) is 8.42 Å². The van der Waals surface area contributed by atoms with Crippen molar-refractivity contribution < 1.29 is 13.2 Å². The predicted octanol–water partition coefficient (Wildman–Crippen LogP) is 0.727. The van der Waals surface area contributed by atoms with Crippen LogP contribution in [0.4, 0.5) is 5.69 Å². The first-order valence-corrected chi connectivity index (χ1v) is 7.90. The van der Waals surface area contributed by atoms with E-state index in [-0.39, 0.29) is 23.7 Å². The van der Waals surface area contributed by atoms with E-state index in [1.807, 2.05) is 0 Å². The fourth-order valence-corrected chi connectivity index (χ4v) is 3.97. The standard InChI is InChI=1S/C12H16ClN3O3S/c1-7-4-9(5-10(14)11(7)13)20(18,19)16-3-2-8(6-16)12(15)17/h4-5,8H,2-3,6,14H2,1H3,(H2,15,17). The number of halogens is 1. The fraction of sp³-hybridized carbons (Fsp3) is 0.417. The quantitative estimate of drug-likeness (QED) is 0.801. The highest BCUT2D eigenvalue weighted by atomic mass is 35.5. The minimum Gasteiger partial charge on any atom is -0.397 e. The number of carbonyl (C=O) groups is 1. The molecule has 1 fully saturated rings. The van der Waals surface area contributed by atoms with Crippen molar-refractivity contribution in [3.63, 3.8) is 0 Å². The molecule has 1 atom stereocenters. The molecular formula is C12H16ClN3O3S. The van der Waals surface area contributed by atoms with Crippen molar-refractivity contribution in [2.75, 3.05) is 18.8 Å². The highest BCUT2D eigenvalue weighted by Crippen LogP contribution is 2.30. The van der Waals surface area contributed by atoms with Gasteiger partial charge in [-0.15, -0.1) is 0 Å². The van der Waals surface area contributed by atoms with Gasteiger partial charge in [-0.1, -0.05) is 11.6 Å². The Morgan fingerprint density at radius 1 is 1.45 bits per heavy atom. The third kappa shape index (κ3) is 2.61. The maximum Gasteiger partial charge on any atom is 0.243 e. The van der Waals surface area contributed by atoms with Crippen molar-refractivity contribution in [2.45, 2.75) is 18.2 Å². The van der Waals surface area contributed by atoms with Crippen LogP contribution in [0.15, 0.2) is 17.0 Å². The van der Waals surface area contributed by atoms with Crippen LogP contribution in [-0.4, -0.2) is 31.7 Å². The average Bonchev–Trinajstić information content (AvgIpc) is 2.85. The summed E-state index contributed by atoms with van der Waals surface area (Å²) < 4.78 is 26.2. The number of hydrogen-bond donors (Lipinski definition) is 2. The molecule has 1 aromatic rings. The molecule has 1 unspecified atom stereocenters. The van der Waals surface area contributed by atoms with Gasteiger partial charge in [-0.2, -0.15) is 4.31 Å². The van der Waals surface area contributed by atoms with Crippen LogP contribution in [0, 0.1) is 12.8 Å². The SMILES string of the molecule is Cc1cc(S(=O)(=O)N2CCC(C(N)=O)C2)cc(N)c1Cl. The number of benzene rings is 1. The minimum atomic E-state index is -3.68. The second-order valence-electron chi connectivity index (χ2n) is 4.89. The van der Waals surface area contributed by atoms with Crippen molar-refractivity contribution in [2.24, 2.45) is 11.7 Å². The van der Waals surface area contributed by atoms with Gasteiger partial charge in [0.2, 0.25) is 15.9 Å². The Morgan fingerprint density at radius 3 is 2.60 bits per heavy atom. The number of rotatable bonds is 3. The number of primary amides is 1. The Hall–Kier alpha value is -1.31. The summed E-state index contributed by atoms with van der Waals surface area (Å²) in [7, 11) is -3.68. The van der Waals surface area contributed by atoms with E-state index in [4.69, 9.17) is 23.1 Å². The zero-order valence-corrected chi connectivity index (χ0v) is 12.5. The van der Waals surface area contributed by atoms with Crippen molar-refractivity contribution in [1.82, 2.24) is 4.31 Å². The minimum absolute atomic E-state index is 0.0852. The first-order valence-electron chi connectivity index (χ1n) is 6.08. The number of nitrogens with two attached hydrogens (primary N) is 2. The third-order valence-corrected chi connectivity index (χ3v) is 5.81. The molecule has 0 bridgehead atoms. The Bertz CT molecular complexity index is 637. The number of sulfonamides is 1. The van der Waals surface area contributed by atoms with Crippen LogP contribution in [0.1, 0.15) is 12.0 Å².